The molecule has 27 heavy (non-hydrogen) atoms. The van der Waals surface area contributed by atoms with Gasteiger partial charge in [0, 0.05) is 16.1 Å². The van der Waals surface area contributed by atoms with Gasteiger partial charge >= 0.3 is 5.69 Å². The number of nitrogens with zero attached hydrogens (tertiary/aromatic N) is 2. The highest BCUT2D eigenvalue weighted by molar-refractivity contribution is 6.36. The molecule has 0 unspecified atom stereocenters. The molecule has 0 saturated carbocycles. The molecule has 0 spiro atoms. The third-order valence-electron chi connectivity index (χ3n) is 3.46. The van der Waals surface area contributed by atoms with Gasteiger partial charge in [-0.2, -0.15) is 10.1 Å². The van der Waals surface area contributed by atoms with Crippen molar-refractivity contribution in [2.75, 3.05) is 0 Å². The van der Waals surface area contributed by atoms with Gasteiger partial charge in [0.05, 0.1) is 16.9 Å². The predicted octanol–water partition coefficient (Wildman–Crippen LogP) is 3.65. The van der Waals surface area contributed by atoms with Gasteiger partial charge in [-0.3, -0.25) is 4.79 Å². The third-order valence-corrected chi connectivity index (χ3v) is 4.02. The van der Waals surface area contributed by atoms with Crippen molar-refractivity contribution in [1.82, 2.24) is 15.4 Å². The van der Waals surface area contributed by atoms with Crippen molar-refractivity contribution >= 4 is 35.3 Å². The molecule has 0 radical (unpaired) electrons. The van der Waals surface area contributed by atoms with Crippen molar-refractivity contribution in [3.63, 3.8) is 0 Å². The molecule has 1 aromatic heterocycles. The second-order valence-corrected chi connectivity index (χ2v) is 6.20. The number of nitrogens with one attached hydrogen (secondary N) is 2. The van der Waals surface area contributed by atoms with Crippen LogP contribution in [0.15, 0.2) is 58.4 Å². The summed E-state index contributed by atoms with van der Waals surface area (Å²) in [5.74, 6) is -1.07. The van der Waals surface area contributed by atoms with Crippen LogP contribution in [0.1, 0.15) is 16.1 Å². The van der Waals surface area contributed by atoms with Gasteiger partial charge in [0.1, 0.15) is 11.5 Å². The average Bonchev–Trinajstić information content (AvgIpc) is 2.63. The summed E-state index contributed by atoms with van der Waals surface area (Å²) in [6.07, 6.45) is 1.34. The highest BCUT2D eigenvalue weighted by Gasteiger charge is 2.10. The molecule has 0 aliphatic rings. The molecule has 0 fully saturated rings. The van der Waals surface area contributed by atoms with E-state index in [0.29, 0.717) is 21.2 Å². The number of hydrazone groups is 1. The first-order valence-electron chi connectivity index (χ1n) is 7.58. The Morgan fingerprint density at radius 2 is 1.89 bits per heavy atom. The Labute approximate surface area is 162 Å². The number of H-pyrrole nitrogens is 1. The van der Waals surface area contributed by atoms with E-state index >= 15 is 0 Å². The minimum absolute atomic E-state index is 0.0475. The van der Waals surface area contributed by atoms with Crippen LogP contribution in [0.4, 0.5) is 4.39 Å². The van der Waals surface area contributed by atoms with Crippen LogP contribution in [-0.2, 0) is 0 Å². The topological polar surface area (TPSA) is 87.2 Å². The van der Waals surface area contributed by atoms with Crippen LogP contribution in [0.25, 0.3) is 11.3 Å². The summed E-state index contributed by atoms with van der Waals surface area (Å²) in [7, 11) is 0. The molecule has 1 heterocycles. The molecule has 0 bridgehead atoms. The van der Waals surface area contributed by atoms with Crippen molar-refractivity contribution in [1.29, 1.82) is 0 Å². The first-order chi connectivity index (χ1) is 12.9. The Bertz CT molecular complexity index is 1080. The van der Waals surface area contributed by atoms with Crippen LogP contribution in [0, 0.1) is 5.82 Å². The zero-order valence-electron chi connectivity index (χ0n) is 13.5. The molecule has 2 N–H and O–H groups in total. The molecule has 0 aliphatic carbocycles. The van der Waals surface area contributed by atoms with Gasteiger partial charge in [-0.25, -0.2) is 14.6 Å². The molecule has 3 rings (SSSR count). The summed E-state index contributed by atoms with van der Waals surface area (Å²) >= 11 is 11.8. The van der Waals surface area contributed by atoms with Crippen LogP contribution in [-0.4, -0.2) is 22.1 Å². The number of carbonyl (C=O) groups is 1. The summed E-state index contributed by atoms with van der Waals surface area (Å²) in [4.78, 5) is 30.1. The molecule has 9 heteroatoms. The predicted molar refractivity (Wildman–Crippen MR) is 102 cm³/mol. The first kappa shape index (κ1) is 18.8. The standard InChI is InChI=1S/C18H11Cl2FN4O2/c19-12-4-1-11(14(20)7-12)9-22-25-17(26)16-8-15(23-18(27)24-16)10-2-5-13(21)6-3-10/h1-9H,(H,25,26)(H,23,24,27)/b22-9+. The second-order valence-electron chi connectivity index (χ2n) is 5.36. The lowest BCUT2D eigenvalue weighted by Crippen LogP contribution is -2.24. The Morgan fingerprint density at radius 1 is 1.15 bits per heavy atom. The van der Waals surface area contributed by atoms with E-state index in [0.717, 1.165) is 0 Å². The lowest BCUT2D eigenvalue weighted by molar-refractivity contribution is 0.0949. The number of hydrogen-bond donors (Lipinski definition) is 2. The lowest BCUT2D eigenvalue weighted by atomic mass is 10.1. The fourth-order valence-electron chi connectivity index (χ4n) is 2.18. The Balaban J connectivity index is 1.79. The summed E-state index contributed by atoms with van der Waals surface area (Å²) in [5.41, 5.74) is 2.80. The fourth-order valence-corrected chi connectivity index (χ4v) is 2.63. The number of halogens is 3. The van der Waals surface area contributed by atoms with Gasteiger partial charge in [0.25, 0.3) is 5.91 Å². The smallest absolute Gasteiger partial charge is 0.301 e. The van der Waals surface area contributed by atoms with Gasteiger partial charge < -0.3 is 4.98 Å². The SMILES string of the molecule is O=C(N/N=C/c1ccc(Cl)cc1Cl)c1cc(-c2ccc(F)cc2)nc(=O)[nH]1. The Morgan fingerprint density at radius 3 is 2.59 bits per heavy atom. The van der Waals surface area contributed by atoms with E-state index in [1.807, 2.05) is 0 Å². The van der Waals surface area contributed by atoms with E-state index < -0.39 is 17.4 Å². The van der Waals surface area contributed by atoms with E-state index in [4.69, 9.17) is 23.2 Å². The third kappa shape index (κ3) is 4.78. The fraction of sp³-hybridized carbons (Fsp3) is 0. The molecular formula is C18H11Cl2FN4O2. The number of carbonyl (C=O) groups excluding carboxylic acids is 1. The largest absolute Gasteiger partial charge is 0.346 e. The quantitative estimate of drug-likeness (QED) is 0.513. The monoisotopic (exact) mass is 404 g/mol. The summed E-state index contributed by atoms with van der Waals surface area (Å²) in [5, 5.41) is 4.66. The van der Waals surface area contributed by atoms with E-state index in [-0.39, 0.29) is 11.4 Å². The lowest BCUT2D eigenvalue weighted by Gasteiger charge is -2.04. The van der Waals surface area contributed by atoms with Gasteiger partial charge in [0.2, 0.25) is 0 Å². The van der Waals surface area contributed by atoms with Crippen LogP contribution in [0.5, 0.6) is 0 Å². The number of amides is 1. The van der Waals surface area contributed by atoms with Gasteiger partial charge in [-0.1, -0.05) is 29.3 Å². The molecule has 1 amide bonds. The summed E-state index contributed by atoms with van der Waals surface area (Å²) in [6, 6.07) is 11.6. The molecule has 0 saturated heterocycles. The van der Waals surface area contributed by atoms with Crippen LogP contribution >= 0.6 is 23.2 Å². The molecule has 136 valence electrons. The Hall–Kier alpha value is -3.03. The number of aromatic nitrogens is 2. The average molecular weight is 405 g/mol. The Kier molecular flexibility index (Phi) is 5.63. The maximum atomic E-state index is 13.0. The molecule has 0 aliphatic heterocycles. The molecule has 2 aromatic carbocycles. The second kappa shape index (κ2) is 8.11. The van der Waals surface area contributed by atoms with Crippen molar-refractivity contribution in [2.24, 2.45) is 5.10 Å². The number of aromatic amines is 1. The highest BCUT2D eigenvalue weighted by Crippen LogP contribution is 2.19. The minimum Gasteiger partial charge on any atom is -0.301 e. The van der Waals surface area contributed by atoms with Crippen LogP contribution < -0.4 is 11.1 Å². The summed E-state index contributed by atoms with van der Waals surface area (Å²) in [6.45, 7) is 0. The molecule has 0 atom stereocenters. The van der Waals surface area contributed by atoms with E-state index in [1.54, 1.807) is 18.2 Å². The molecule has 6 nitrogen and oxygen atoms in total. The van der Waals surface area contributed by atoms with E-state index in [1.165, 1.54) is 36.5 Å². The molecular weight excluding hydrogens is 394 g/mol. The number of rotatable bonds is 4. The van der Waals surface area contributed by atoms with Crippen molar-refractivity contribution in [3.8, 4) is 11.3 Å². The number of hydrogen-bond acceptors (Lipinski definition) is 4. The van der Waals surface area contributed by atoms with Crippen molar-refractivity contribution in [2.45, 2.75) is 0 Å². The normalized spacial score (nSPS) is 10.9. The van der Waals surface area contributed by atoms with E-state index in [2.05, 4.69) is 20.5 Å². The first-order valence-corrected chi connectivity index (χ1v) is 8.34. The van der Waals surface area contributed by atoms with E-state index in [9.17, 15) is 14.0 Å². The highest BCUT2D eigenvalue weighted by atomic mass is 35.5. The van der Waals surface area contributed by atoms with Gasteiger partial charge in [-0.05, 0) is 42.5 Å². The zero-order valence-corrected chi connectivity index (χ0v) is 15.1. The van der Waals surface area contributed by atoms with Crippen molar-refractivity contribution < 1.29 is 9.18 Å². The minimum atomic E-state index is -0.716. The van der Waals surface area contributed by atoms with Crippen LogP contribution in [0.3, 0.4) is 0 Å². The van der Waals surface area contributed by atoms with Crippen molar-refractivity contribution in [3.05, 3.63) is 86.1 Å². The maximum Gasteiger partial charge on any atom is 0.346 e. The van der Waals surface area contributed by atoms with Gasteiger partial charge in [-0.15, -0.1) is 0 Å². The van der Waals surface area contributed by atoms with Gasteiger partial charge in [0.15, 0.2) is 0 Å². The zero-order chi connectivity index (χ0) is 19.4. The molecule has 3 aromatic rings. The summed E-state index contributed by atoms with van der Waals surface area (Å²) < 4.78 is 13.0. The van der Waals surface area contributed by atoms with Crippen LogP contribution in [0.2, 0.25) is 10.0 Å². The number of benzene rings is 2. The maximum absolute atomic E-state index is 13.0.